The Bertz CT molecular complexity index is 908. The molecule has 138 valence electrons. The predicted octanol–water partition coefficient (Wildman–Crippen LogP) is 3.03. The van der Waals surface area contributed by atoms with E-state index in [0.717, 1.165) is 5.56 Å². The van der Waals surface area contributed by atoms with Crippen molar-refractivity contribution >= 4 is 27.3 Å². The normalized spacial score (nSPS) is 16.0. The molecule has 0 aliphatic carbocycles. The second-order valence-electron chi connectivity index (χ2n) is 6.99. The molecule has 0 saturated carbocycles. The molecular formula is C19H22N2O4S. The Labute approximate surface area is 153 Å². The van der Waals surface area contributed by atoms with E-state index in [4.69, 9.17) is 4.74 Å². The van der Waals surface area contributed by atoms with Gasteiger partial charge in [-0.2, -0.15) is 0 Å². The minimum Gasteiger partial charge on any atom is -0.490 e. The molecule has 3 rings (SSSR count). The van der Waals surface area contributed by atoms with E-state index in [1.807, 2.05) is 30.3 Å². The van der Waals surface area contributed by atoms with Gasteiger partial charge in [0.1, 0.15) is 12.4 Å². The Morgan fingerprint density at radius 2 is 1.88 bits per heavy atom. The fourth-order valence-corrected chi connectivity index (χ4v) is 3.64. The van der Waals surface area contributed by atoms with Crippen LogP contribution >= 0.6 is 0 Å². The van der Waals surface area contributed by atoms with Gasteiger partial charge < -0.3 is 10.1 Å². The van der Waals surface area contributed by atoms with Crippen LogP contribution in [-0.4, -0.2) is 26.7 Å². The summed E-state index contributed by atoms with van der Waals surface area (Å²) in [6, 6.07) is 14.3. The molecule has 0 atom stereocenters. The lowest BCUT2D eigenvalue weighted by Gasteiger charge is -2.18. The molecule has 0 spiro atoms. The lowest BCUT2D eigenvalue weighted by Crippen LogP contribution is -2.33. The quantitative estimate of drug-likeness (QED) is 0.842. The van der Waals surface area contributed by atoms with Gasteiger partial charge in [0.25, 0.3) is 0 Å². The van der Waals surface area contributed by atoms with Gasteiger partial charge in [-0.1, -0.05) is 30.3 Å². The van der Waals surface area contributed by atoms with Crippen LogP contribution in [0.3, 0.4) is 0 Å². The largest absolute Gasteiger partial charge is 0.490 e. The maximum atomic E-state index is 12.3. The SMILES string of the molecule is CC1(C)COc2cc(NS(=O)(=O)CCc3ccccc3)ccc2NC1=O. The van der Waals surface area contributed by atoms with Crippen molar-refractivity contribution in [1.82, 2.24) is 0 Å². The van der Waals surface area contributed by atoms with Gasteiger partial charge >= 0.3 is 0 Å². The molecule has 2 N–H and O–H groups in total. The second-order valence-corrected chi connectivity index (χ2v) is 8.84. The van der Waals surface area contributed by atoms with Crippen LogP contribution in [0.2, 0.25) is 0 Å². The van der Waals surface area contributed by atoms with Crippen molar-refractivity contribution in [2.45, 2.75) is 20.3 Å². The third-order valence-electron chi connectivity index (χ3n) is 4.21. The Morgan fingerprint density at radius 1 is 1.15 bits per heavy atom. The van der Waals surface area contributed by atoms with Crippen molar-refractivity contribution < 1.29 is 17.9 Å². The number of rotatable bonds is 5. The predicted molar refractivity (Wildman–Crippen MR) is 102 cm³/mol. The van der Waals surface area contributed by atoms with Crippen molar-refractivity contribution in [2.24, 2.45) is 5.41 Å². The number of sulfonamides is 1. The van der Waals surface area contributed by atoms with Crippen LogP contribution in [0.1, 0.15) is 19.4 Å². The lowest BCUT2D eigenvalue weighted by atomic mass is 9.94. The minimum atomic E-state index is -3.49. The maximum absolute atomic E-state index is 12.3. The number of hydrogen-bond acceptors (Lipinski definition) is 4. The molecule has 7 heteroatoms. The molecule has 2 aromatic rings. The summed E-state index contributed by atoms with van der Waals surface area (Å²) in [5.41, 5.74) is 1.25. The number of ether oxygens (including phenoxy) is 1. The summed E-state index contributed by atoms with van der Waals surface area (Å²) in [5, 5.41) is 2.81. The van der Waals surface area contributed by atoms with Gasteiger partial charge in [-0.15, -0.1) is 0 Å². The molecule has 6 nitrogen and oxygen atoms in total. The maximum Gasteiger partial charge on any atom is 0.233 e. The molecule has 0 saturated heterocycles. The fourth-order valence-electron chi connectivity index (χ4n) is 2.55. The van der Waals surface area contributed by atoms with Crippen molar-refractivity contribution in [1.29, 1.82) is 0 Å². The molecule has 2 aromatic carbocycles. The molecule has 1 aliphatic rings. The van der Waals surface area contributed by atoms with Crippen molar-refractivity contribution in [3.05, 3.63) is 54.1 Å². The van der Waals surface area contributed by atoms with Gasteiger partial charge in [0.05, 0.1) is 22.5 Å². The number of fused-ring (bicyclic) bond motifs is 1. The van der Waals surface area contributed by atoms with Crippen molar-refractivity contribution in [3.8, 4) is 5.75 Å². The van der Waals surface area contributed by atoms with E-state index in [-0.39, 0.29) is 18.3 Å². The van der Waals surface area contributed by atoms with E-state index in [1.54, 1.807) is 32.0 Å². The molecule has 26 heavy (non-hydrogen) atoms. The summed E-state index contributed by atoms with van der Waals surface area (Å²) < 4.78 is 33.0. The molecule has 0 unspecified atom stereocenters. The first-order valence-corrected chi connectivity index (χ1v) is 10.0. The summed E-state index contributed by atoms with van der Waals surface area (Å²) >= 11 is 0. The van der Waals surface area contributed by atoms with Crippen molar-refractivity contribution in [3.63, 3.8) is 0 Å². The monoisotopic (exact) mass is 374 g/mol. The number of carbonyl (C=O) groups excluding carboxylic acids is 1. The van der Waals surface area contributed by atoms with Gasteiger partial charge in [0.15, 0.2) is 0 Å². The molecule has 0 fully saturated rings. The van der Waals surface area contributed by atoms with Gasteiger partial charge in [-0.25, -0.2) is 8.42 Å². The zero-order valence-electron chi connectivity index (χ0n) is 14.8. The van der Waals surface area contributed by atoms with E-state index in [9.17, 15) is 13.2 Å². The average molecular weight is 374 g/mol. The van der Waals surface area contributed by atoms with Gasteiger partial charge in [0, 0.05) is 6.07 Å². The fraction of sp³-hybridized carbons (Fsp3) is 0.316. The molecule has 0 bridgehead atoms. The van der Waals surface area contributed by atoms with E-state index in [1.165, 1.54) is 0 Å². The van der Waals surface area contributed by atoms with E-state index < -0.39 is 15.4 Å². The molecule has 1 aliphatic heterocycles. The van der Waals surface area contributed by atoms with Gasteiger partial charge in [-0.05, 0) is 38.0 Å². The zero-order chi connectivity index (χ0) is 18.8. The Hall–Kier alpha value is -2.54. The van der Waals surface area contributed by atoms with Crippen LogP contribution in [0.5, 0.6) is 5.75 Å². The second kappa shape index (κ2) is 6.99. The lowest BCUT2D eigenvalue weighted by molar-refractivity contribution is -0.124. The van der Waals surface area contributed by atoms with Crippen LogP contribution in [0.15, 0.2) is 48.5 Å². The van der Waals surface area contributed by atoms with E-state index >= 15 is 0 Å². The number of benzene rings is 2. The molecule has 0 aromatic heterocycles. The smallest absolute Gasteiger partial charge is 0.233 e. The van der Waals surface area contributed by atoms with E-state index in [2.05, 4.69) is 10.0 Å². The summed E-state index contributed by atoms with van der Waals surface area (Å²) in [7, 11) is -3.49. The number of amides is 1. The van der Waals surface area contributed by atoms with E-state index in [0.29, 0.717) is 23.5 Å². The van der Waals surface area contributed by atoms with Gasteiger partial charge in [0.2, 0.25) is 15.9 Å². The van der Waals surface area contributed by atoms with Crippen LogP contribution < -0.4 is 14.8 Å². The zero-order valence-corrected chi connectivity index (χ0v) is 15.6. The highest BCUT2D eigenvalue weighted by molar-refractivity contribution is 7.92. The first-order valence-electron chi connectivity index (χ1n) is 8.38. The number of hydrogen-bond donors (Lipinski definition) is 2. The standard InChI is InChI=1S/C19H22N2O4S/c1-19(2)13-25-17-12-15(8-9-16(17)20-18(19)22)21-26(23,24)11-10-14-6-4-3-5-7-14/h3-9,12,21H,10-11,13H2,1-2H3,(H,20,22). The topological polar surface area (TPSA) is 84.5 Å². The highest BCUT2D eigenvalue weighted by Gasteiger charge is 2.32. The van der Waals surface area contributed by atoms with Crippen LogP contribution in [0, 0.1) is 5.41 Å². The van der Waals surface area contributed by atoms with Crippen LogP contribution in [0.4, 0.5) is 11.4 Å². The van der Waals surface area contributed by atoms with Crippen LogP contribution in [-0.2, 0) is 21.2 Å². The number of carbonyl (C=O) groups is 1. The highest BCUT2D eigenvalue weighted by Crippen LogP contribution is 2.34. The summed E-state index contributed by atoms with van der Waals surface area (Å²) in [6.45, 7) is 3.80. The third-order valence-corrected chi connectivity index (χ3v) is 5.50. The summed E-state index contributed by atoms with van der Waals surface area (Å²) in [4.78, 5) is 12.1. The average Bonchev–Trinajstić information content (AvgIpc) is 2.71. The number of aryl methyl sites for hydroxylation is 1. The number of nitrogens with one attached hydrogen (secondary N) is 2. The van der Waals surface area contributed by atoms with Crippen LogP contribution in [0.25, 0.3) is 0 Å². The molecule has 0 radical (unpaired) electrons. The number of anilines is 2. The van der Waals surface area contributed by atoms with Crippen molar-refractivity contribution in [2.75, 3.05) is 22.4 Å². The van der Waals surface area contributed by atoms with Gasteiger partial charge in [-0.3, -0.25) is 9.52 Å². The highest BCUT2D eigenvalue weighted by atomic mass is 32.2. The Morgan fingerprint density at radius 3 is 2.62 bits per heavy atom. The summed E-state index contributed by atoms with van der Waals surface area (Å²) in [5.74, 6) is 0.304. The molecular weight excluding hydrogens is 352 g/mol. The molecule has 1 amide bonds. The first kappa shape index (κ1) is 18.3. The first-order chi connectivity index (χ1) is 12.3. The third kappa shape index (κ3) is 4.35. The minimum absolute atomic E-state index is 0.0152. The Balaban J connectivity index is 1.71. The molecule has 1 heterocycles. The Kier molecular flexibility index (Phi) is 4.91. The summed E-state index contributed by atoms with van der Waals surface area (Å²) in [6.07, 6.45) is 0.432.